The summed E-state index contributed by atoms with van der Waals surface area (Å²) < 4.78 is 5.19. The van der Waals surface area contributed by atoms with Gasteiger partial charge in [-0.05, 0) is 51.5 Å². The molecule has 1 aromatic carbocycles. The van der Waals surface area contributed by atoms with Crippen LogP contribution in [0.15, 0.2) is 42.6 Å². The number of para-hydroxylation sites is 1. The average Bonchev–Trinajstić information content (AvgIpc) is 2.41. The molecule has 0 spiro atoms. The second-order valence-corrected chi connectivity index (χ2v) is 6.00. The van der Waals surface area contributed by atoms with Crippen LogP contribution < -0.4 is 10.6 Å². The van der Waals surface area contributed by atoms with Crippen molar-refractivity contribution in [2.24, 2.45) is 0 Å². The number of nitrogens with zero attached hydrogens (tertiary/aromatic N) is 1. The van der Waals surface area contributed by atoms with Crippen molar-refractivity contribution in [1.29, 1.82) is 0 Å². The first-order valence-corrected chi connectivity index (χ1v) is 7.12. The molecular weight excluding hydrogens is 278 g/mol. The van der Waals surface area contributed by atoms with E-state index in [2.05, 4.69) is 15.6 Å². The monoisotopic (exact) mass is 299 g/mol. The zero-order chi connectivity index (χ0) is 16.2. The summed E-state index contributed by atoms with van der Waals surface area (Å²) in [6, 6.07) is 11.6. The molecule has 5 nitrogen and oxygen atoms in total. The fourth-order valence-electron chi connectivity index (χ4n) is 1.81. The fraction of sp³-hybridized carbons (Fsp3) is 0.294. The molecular formula is C17H21N3O2. The molecule has 2 aromatic rings. The molecule has 0 unspecified atom stereocenters. The Bertz CT molecular complexity index is 646. The van der Waals surface area contributed by atoms with Crippen LogP contribution in [0.3, 0.4) is 0 Å². The molecule has 0 bridgehead atoms. The number of hydrogen-bond acceptors (Lipinski definition) is 4. The SMILES string of the molecule is Cc1ccccc1Nc1ccc(NC(=O)OC(C)(C)C)cn1. The van der Waals surface area contributed by atoms with Crippen LogP contribution in [0, 0.1) is 6.92 Å². The van der Waals surface area contributed by atoms with E-state index in [0.29, 0.717) is 11.5 Å². The minimum absolute atomic E-state index is 0.492. The van der Waals surface area contributed by atoms with Gasteiger partial charge >= 0.3 is 6.09 Å². The van der Waals surface area contributed by atoms with Crippen LogP contribution in [0.2, 0.25) is 0 Å². The lowest BCUT2D eigenvalue weighted by molar-refractivity contribution is 0.0636. The number of carbonyl (C=O) groups is 1. The van der Waals surface area contributed by atoms with E-state index in [1.807, 2.05) is 52.0 Å². The van der Waals surface area contributed by atoms with Crippen molar-refractivity contribution in [3.05, 3.63) is 48.2 Å². The maximum atomic E-state index is 11.7. The number of pyridine rings is 1. The van der Waals surface area contributed by atoms with Gasteiger partial charge in [0.25, 0.3) is 0 Å². The molecule has 0 saturated carbocycles. The molecule has 0 atom stereocenters. The second-order valence-electron chi connectivity index (χ2n) is 6.00. The van der Waals surface area contributed by atoms with E-state index in [1.54, 1.807) is 18.3 Å². The molecule has 0 aliphatic heterocycles. The van der Waals surface area contributed by atoms with Gasteiger partial charge in [0, 0.05) is 5.69 Å². The molecule has 1 aromatic heterocycles. The highest BCUT2D eigenvalue weighted by Gasteiger charge is 2.16. The van der Waals surface area contributed by atoms with Gasteiger partial charge in [0.05, 0.1) is 11.9 Å². The van der Waals surface area contributed by atoms with Crippen molar-refractivity contribution in [2.45, 2.75) is 33.3 Å². The summed E-state index contributed by atoms with van der Waals surface area (Å²) in [6.07, 6.45) is 1.10. The standard InChI is InChI=1S/C17H21N3O2/c1-12-7-5-6-8-14(12)20-15-10-9-13(11-18-15)19-16(21)22-17(2,3)4/h5-11H,1-4H3,(H,18,20)(H,19,21). The van der Waals surface area contributed by atoms with Crippen LogP contribution >= 0.6 is 0 Å². The normalized spacial score (nSPS) is 10.9. The van der Waals surface area contributed by atoms with Crippen molar-refractivity contribution >= 4 is 23.3 Å². The van der Waals surface area contributed by atoms with E-state index in [0.717, 1.165) is 11.3 Å². The first kappa shape index (κ1) is 15.8. The first-order chi connectivity index (χ1) is 10.3. The third-order valence-corrected chi connectivity index (χ3v) is 2.82. The topological polar surface area (TPSA) is 63.2 Å². The molecule has 22 heavy (non-hydrogen) atoms. The number of nitrogens with one attached hydrogen (secondary N) is 2. The molecule has 0 radical (unpaired) electrons. The number of aryl methyl sites for hydroxylation is 1. The summed E-state index contributed by atoms with van der Waals surface area (Å²) in [6.45, 7) is 7.49. The summed E-state index contributed by atoms with van der Waals surface area (Å²) >= 11 is 0. The third kappa shape index (κ3) is 4.77. The minimum atomic E-state index is -0.524. The van der Waals surface area contributed by atoms with Gasteiger partial charge in [-0.3, -0.25) is 5.32 Å². The van der Waals surface area contributed by atoms with Gasteiger partial charge in [0.15, 0.2) is 0 Å². The number of rotatable bonds is 3. The largest absolute Gasteiger partial charge is 0.444 e. The number of hydrogen-bond donors (Lipinski definition) is 2. The zero-order valence-corrected chi connectivity index (χ0v) is 13.3. The van der Waals surface area contributed by atoms with Crippen LogP contribution in [-0.2, 0) is 4.74 Å². The second kappa shape index (κ2) is 6.47. The van der Waals surface area contributed by atoms with Crippen molar-refractivity contribution in [2.75, 3.05) is 10.6 Å². The fourth-order valence-corrected chi connectivity index (χ4v) is 1.81. The Balaban J connectivity index is 1.99. The Morgan fingerprint density at radius 1 is 1.14 bits per heavy atom. The Kier molecular flexibility index (Phi) is 4.65. The molecule has 116 valence electrons. The van der Waals surface area contributed by atoms with Crippen molar-refractivity contribution < 1.29 is 9.53 Å². The van der Waals surface area contributed by atoms with Crippen LogP contribution in [0.1, 0.15) is 26.3 Å². The molecule has 0 aliphatic rings. The van der Waals surface area contributed by atoms with Gasteiger partial charge in [-0.2, -0.15) is 0 Å². The first-order valence-electron chi connectivity index (χ1n) is 7.12. The van der Waals surface area contributed by atoms with Gasteiger partial charge in [-0.25, -0.2) is 9.78 Å². The predicted octanol–water partition coefficient (Wildman–Crippen LogP) is 4.48. The van der Waals surface area contributed by atoms with Gasteiger partial charge < -0.3 is 10.1 Å². The molecule has 1 heterocycles. The highest BCUT2D eigenvalue weighted by molar-refractivity contribution is 5.84. The lowest BCUT2D eigenvalue weighted by Crippen LogP contribution is -2.27. The molecule has 0 aliphatic carbocycles. The summed E-state index contributed by atoms with van der Waals surface area (Å²) in [5.74, 6) is 0.712. The van der Waals surface area contributed by atoms with E-state index < -0.39 is 11.7 Å². The predicted molar refractivity (Wildman–Crippen MR) is 88.6 cm³/mol. The third-order valence-electron chi connectivity index (χ3n) is 2.82. The summed E-state index contributed by atoms with van der Waals surface area (Å²) in [4.78, 5) is 16.0. The van der Waals surface area contributed by atoms with Gasteiger partial charge in [-0.15, -0.1) is 0 Å². The Morgan fingerprint density at radius 2 is 1.86 bits per heavy atom. The summed E-state index contributed by atoms with van der Waals surface area (Å²) in [7, 11) is 0. The van der Waals surface area contributed by atoms with Crippen LogP contribution in [0.5, 0.6) is 0 Å². The molecule has 5 heteroatoms. The van der Waals surface area contributed by atoms with E-state index in [4.69, 9.17) is 4.74 Å². The average molecular weight is 299 g/mol. The van der Waals surface area contributed by atoms with Crippen molar-refractivity contribution in [1.82, 2.24) is 4.98 Å². The van der Waals surface area contributed by atoms with E-state index in [9.17, 15) is 4.79 Å². The molecule has 2 rings (SSSR count). The maximum Gasteiger partial charge on any atom is 0.412 e. The molecule has 2 N–H and O–H groups in total. The number of anilines is 3. The van der Waals surface area contributed by atoms with Crippen LogP contribution in [-0.4, -0.2) is 16.7 Å². The molecule has 0 saturated heterocycles. The van der Waals surface area contributed by atoms with Gasteiger partial charge in [0.1, 0.15) is 11.4 Å². The number of ether oxygens (including phenoxy) is 1. The van der Waals surface area contributed by atoms with E-state index in [1.165, 1.54) is 0 Å². The Labute approximate surface area is 130 Å². The highest BCUT2D eigenvalue weighted by Crippen LogP contribution is 2.19. The zero-order valence-electron chi connectivity index (χ0n) is 13.3. The molecule has 0 fully saturated rings. The summed E-state index contributed by atoms with van der Waals surface area (Å²) in [5, 5.41) is 5.89. The van der Waals surface area contributed by atoms with E-state index >= 15 is 0 Å². The Morgan fingerprint density at radius 3 is 2.45 bits per heavy atom. The minimum Gasteiger partial charge on any atom is -0.444 e. The van der Waals surface area contributed by atoms with Gasteiger partial charge in [-0.1, -0.05) is 18.2 Å². The van der Waals surface area contributed by atoms with E-state index in [-0.39, 0.29) is 0 Å². The van der Waals surface area contributed by atoms with Crippen LogP contribution in [0.4, 0.5) is 22.0 Å². The molecule has 1 amide bonds. The van der Waals surface area contributed by atoms with Gasteiger partial charge in [0.2, 0.25) is 0 Å². The Hall–Kier alpha value is -2.56. The number of carbonyl (C=O) groups excluding carboxylic acids is 1. The van der Waals surface area contributed by atoms with Crippen molar-refractivity contribution in [3.63, 3.8) is 0 Å². The number of aromatic nitrogens is 1. The maximum absolute atomic E-state index is 11.7. The lowest BCUT2D eigenvalue weighted by Gasteiger charge is -2.19. The lowest BCUT2D eigenvalue weighted by atomic mass is 10.2. The smallest absolute Gasteiger partial charge is 0.412 e. The highest BCUT2D eigenvalue weighted by atomic mass is 16.6. The quantitative estimate of drug-likeness (QED) is 0.877. The summed E-state index contributed by atoms with van der Waals surface area (Å²) in [5.41, 5.74) is 2.21. The van der Waals surface area contributed by atoms with Crippen LogP contribution in [0.25, 0.3) is 0 Å². The van der Waals surface area contributed by atoms with Crippen molar-refractivity contribution in [3.8, 4) is 0 Å². The number of benzene rings is 1. The number of amides is 1.